The van der Waals surface area contributed by atoms with Crippen LogP contribution >= 0.6 is 0 Å². The largest absolute Gasteiger partial charge is 0.378 e. The lowest BCUT2D eigenvalue weighted by Gasteiger charge is -2.36. The number of hydrogen-bond donors (Lipinski definition) is 1. The molecule has 2 aliphatic heterocycles. The van der Waals surface area contributed by atoms with Crippen molar-refractivity contribution in [2.45, 2.75) is 38.8 Å². The van der Waals surface area contributed by atoms with E-state index in [0.717, 1.165) is 13.0 Å². The Kier molecular flexibility index (Phi) is 3.66. The summed E-state index contributed by atoms with van der Waals surface area (Å²) in [6.07, 6.45) is 1.83. The summed E-state index contributed by atoms with van der Waals surface area (Å²) < 4.78 is 5.50. The van der Waals surface area contributed by atoms with Crippen LogP contribution in [0.1, 0.15) is 26.7 Å². The lowest BCUT2D eigenvalue weighted by atomic mass is 9.99. The number of amides is 2. The maximum Gasteiger partial charge on any atom is 0.243 e. The van der Waals surface area contributed by atoms with E-state index in [9.17, 15) is 9.59 Å². The molecule has 0 spiro atoms. The predicted molar refractivity (Wildman–Crippen MR) is 62.3 cm³/mol. The van der Waals surface area contributed by atoms with Gasteiger partial charge in [0.05, 0.1) is 12.6 Å². The Hall–Kier alpha value is -1.10. The number of piperazine rings is 1. The predicted octanol–water partition coefficient (Wildman–Crippen LogP) is 0.148. The standard InChI is InChI=1S/C12H20N2O3/c1-3-10-12(16)13-6-11(15)14(10)7-9-4-5-17-8(9)2/h8-10H,3-7H2,1-2H3,(H,13,16). The van der Waals surface area contributed by atoms with E-state index in [1.54, 1.807) is 4.90 Å². The van der Waals surface area contributed by atoms with Gasteiger partial charge < -0.3 is 15.0 Å². The van der Waals surface area contributed by atoms with E-state index in [1.807, 2.05) is 13.8 Å². The van der Waals surface area contributed by atoms with Crippen molar-refractivity contribution in [3.63, 3.8) is 0 Å². The summed E-state index contributed by atoms with van der Waals surface area (Å²) in [4.78, 5) is 25.3. The van der Waals surface area contributed by atoms with E-state index in [4.69, 9.17) is 4.74 Å². The van der Waals surface area contributed by atoms with E-state index in [0.29, 0.717) is 18.9 Å². The molecule has 2 heterocycles. The van der Waals surface area contributed by atoms with Crippen LogP contribution < -0.4 is 5.32 Å². The zero-order chi connectivity index (χ0) is 12.4. The molecule has 0 saturated carbocycles. The molecule has 5 heteroatoms. The zero-order valence-electron chi connectivity index (χ0n) is 10.4. The van der Waals surface area contributed by atoms with Crippen LogP contribution in [0.25, 0.3) is 0 Å². The molecule has 3 unspecified atom stereocenters. The summed E-state index contributed by atoms with van der Waals surface area (Å²) >= 11 is 0. The first-order chi connectivity index (χ1) is 8.13. The smallest absolute Gasteiger partial charge is 0.243 e. The molecule has 5 nitrogen and oxygen atoms in total. The van der Waals surface area contributed by atoms with Gasteiger partial charge in [0, 0.05) is 19.1 Å². The second-order valence-corrected chi connectivity index (χ2v) is 4.81. The Morgan fingerprint density at radius 2 is 2.24 bits per heavy atom. The van der Waals surface area contributed by atoms with Crippen molar-refractivity contribution < 1.29 is 14.3 Å². The lowest BCUT2D eigenvalue weighted by Crippen LogP contribution is -2.59. The average molecular weight is 240 g/mol. The van der Waals surface area contributed by atoms with Gasteiger partial charge >= 0.3 is 0 Å². The molecule has 0 aromatic rings. The summed E-state index contributed by atoms with van der Waals surface area (Å²) in [5.41, 5.74) is 0. The normalized spacial score (nSPS) is 34.0. The fourth-order valence-corrected chi connectivity index (χ4v) is 2.60. The number of carbonyl (C=O) groups is 2. The fraction of sp³-hybridized carbons (Fsp3) is 0.833. The van der Waals surface area contributed by atoms with Crippen LogP contribution in [0, 0.1) is 5.92 Å². The summed E-state index contributed by atoms with van der Waals surface area (Å²) in [6.45, 7) is 5.51. The van der Waals surface area contributed by atoms with Gasteiger partial charge in [-0.25, -0.2) is 0 Å². The van der Waals surface area contributed by atoms with Crippen LogP contribution in [0.2, 0.25) is 0 Å². The van der Waals surface area contributed by atoms with E-state index < -0.39 is 0 Å². The van der Waals surface area contributed by atoms with Gasteiger partial charge in [-0.05, 0) is 19.8 Å². The van der Waals surface area contributed by atoms with Gasteiger partial charge in [-0.1, -0.05) is 6.92 Å². The molecule has 17 heavy (non-hydrogen) atoms. The van der Waals surface area contributed by atoms with Crippen LogP contribution in [0.15, 0.2) is 0 Å². The number of carbonyl (C=O) groups excluding carboxylic acids is 2. The third kappa shape index (κ3) is 2.44. The van der Waals surface area contributed by atoms with Crippen molar-refractivity contribution in [1.82, 2.24) is 10.2 Å². The van der Waals surface area contributed by atoms with E-state index in [2.05, 4.69) is 5.32 Å². The number of nitrogens with zero attached hydrogens (tertiary/aromatic N) is 1. The third-order valence-electron chi connectivity index (χ3n) is 3.76. The Balaban J connectivity index is 2.05. The van der Waals surface area contributed by atoms with Crippen molar-refractivity contribution in [3.05, 3.63) is 0 Å². The van der Waals surface area contributed by atoms with Crippen LogP contribution in [-0.4, -0.2) is 48.6 Å². The zero-order valence-corrected chi connectivity index (χ0v) is 10.4. The average Bonchev–Trinajstić information content (AvgIpc) is 2.70. The molecular weight excluding hydrogens is 220 g/mol. The minimum atomic E-state index is -0.302. The monoisotopic (exact) mass is 240 g/mol. The van der Waals surface area contributed by atoms with Crippen molar-refractivity contribution in [1.29, 1.82) is 0 Å². The van der Waals surface area contributed by atoms with Crippen LogP contribution in [0.4, 0.5) is 0 Å². The molecule has 3 atom stereocenters. The maximum absolute atomic E-state index is 11.9. The summed E-state index contributed by atoms with van der Waals surface area (Å²) in [5.74, 6) is 0.355. The number of nitrogens with one attached hydrogen (secondary N) is 1. The molecule has 0 aromatic heterocycles. The van der Waals surface area contributed by atoms with Gasteiger partial charge in [0.1, 0.15) is 6.04 Å². The summed E-state index contributed by atoms with van der Waals surface area (Å²) in [7, 11) is 0. The molecule has 0 radical (unpaired) electrons. The van der Waals surface area contributed by atoms with Crippen molar-refractivity contribution >= 4 is 11.8 Å². The lowest BCUT2D eigenvalue weighted by molar-refractivity contribution is -0.146. The van der Waals surface area contributed by atoms with E-state index >= 15 is 0 Å². The topological polar surface area (TPSA) is 58.6 Å². The third-order valence-corrected chi connectivity index (χ3v) is 3.76. The highest BCUT2D eigenvalue weighted by molar-refractivity contribution is 5.94. The van der Waals surface area contributed by atoms with Gasteiger partial charge in [-0.3, -0.25) is 9.59 Å². The van der Waals surface area contributed by atoms with Crippen LogP contribution in [0.5, 0.6) is 0 Å². The minimum absolute atomic E-state index is 0.0237. The second kappa shape index (κ2) is 5.04. The molecule has 2 aliphatic rings. The van der Waals surface area contributed by atoms with Gasteiger partial charge in [0.2, 0.25) is 11.8 Å². The SMILES string of the molecule is CCC1C(=O)NCC(=O)N1CC1CCOC1C. The van der Waals surface area contributed by atoms with Gasteiger partial charge in [-0.15, -0.1) is 0 Å². The number of hydrogen-bond acceptors (Lipinski definition) is 3. The molecule has 2 amide bonds. The van der Waals surface area contributed by atoms with E-state index in [1.165, 1.54) is 0 Å². The molecule has 0 aromatic carbocycles. The minimum Gasteiger partial charge on any atom is -0.378 e. The number of ether oxygens (including phenoxy) is 1. The van der Waals surface area contributed by atoms with Gasteiger partial charge in [-0.2, -0.15) is 0 Å². The Morgan fingerprint density at radius 3 is 2.82 bits per heavy atom. The molecular formula is C12H20N2O3. The second-order valence-electron chi connectivity index (χ2n) is 4.81. The molecule has 2 rings (SSSR count). The highest BCUT2D eigenvalue weighted by Gasteiger charge is 2.36. The fourth-order valence-electron chi connectivity index (χ4n) is 2.60. The first-order valence-corrected chi connectivity index (χ1v) is 6.32. The van der Waals surface area contributed by atoms with Crippen molar-refractivity contribution in [2.75, 3.05) is 19.7 Å². The Morgan fingerprint density at radius 1 is 1.47 bits per heavy atom. The molecule has 2 saturated heterocycles. The maximum atomic E-state index is 11.9. The molecule has 96 valence electrons. The van der Waals surface area contributed by atoms with E-state index in [-0.39, 0.29) is 30.5 Å². The molecule has 0 aliphatic carbocycles. The first-order valence-electron chi connectivity index (χ1n) is 6.32. The summed E-state index contributed by atoms with van der Waals surface area (Å²) in [6, 6.07) is -0.302. The quantitative estimate of drug-likeness (QED) is 0.764. The van der Waals surface area contributed by atoms with Crippen molar-refractivity contribution in [3.8, 4) is 0 Å². The van der Waals surface area contributed by atoms with Gasteiger partial charge in [0.15, 0.2) is 0 Å². The Bertz CT molecular complexity index is 319. The molecule has 1 N–H and O–H groups in total. The first kappa shape index (κ1) is 12.4. The highest BCUT2D eigenvalue weighted by atomic mass is 16.5. The van der Waals surface area contributed by atoms with Crippen LogP contribution in [-0.2, 0) is 14.3 Å². The highest BCUT2D eigenvalue weighted by Crippen LogP contribution is 2.23. The van der Waals surface area contributed by atoms with Crippen molar-refractivity contribution in [2.24, 2.45) is 5.92 Å². The number of rotatable bonds is 3. The molecule has 0 bridgehead atoms. The van der Waals surface area contributed by atoms with Gasteiger partial charge in [0.25, 0.3) is 0 Å². The molecule has 2 fully saturated rings. The summed E-state index contributed by atoms with van der Waals surface area (Å²) in [5, 5.41) is 2.64. The van der Waals surface area contributed by atoms with Crippen LogP contribution in [0.3, 0.4) is 0 Å². The Labute approximate surface area is 101 Å².